The molecule has 1 aliphatic carbocycles. The van der Waals surface area contributed by atoms with E-state index < -0.39 is 41.0 Å². The van der Waals surface area contributed by atoms with Crippen molar-refractivity contribution in [1.82, 2.24) is 14.3 Å². The quantitative estimate of drug-likeness (QED) is 0.275. The number of halogens is 4. The molecule has 1 fully saturated rings. The van der Waals surface area contributed by atoms with Gasteiger partial charge in [-0.3, -0.25) is 14.3 Å². The topological polar surface area (TPSA) is 96.6 Å². The molecule has 4 aromatic rings. The van der Waals surface area contributed by atoms with Gasteiger partial charge in [0.25, 0.3) is 11.5 Å². The van der Waals surface area contributed by atoms with E-state index in [1.807, 2.05) is 0 Å². The molecule has 214 valence electrons. The van der Waals surface area contributed by atoms with Crippen LogP contribution in [0.25, 0.3) is 17.1 Å². The summed E-state index contributed by atoms with van der Waals surface area (Å²) in [5.74, 6) is -2.48. The highest BCUT2D eigenvalue weighted by atomic mass is 19.3. The van der Waals surface area contributed by atoms with Gasteiger partial charge >= 0.3 is 6.61 Å². The summed E-state index contributed by atoms with van der Waals surface area (Å²) in [4.78, 5) is 31.6. The van der Waals surface area contributed by atoms with Crippen molar-refractivity contribution in [2.75, 3.05) is 19.5 Å². The van der Waals surface area contributed by atoms with Crippen molar-refractivity contribution < 1.29 is 36.6 Å². The number of anilines is 1. The zero-order valence-electron chi connectivity index (χ0n) is 22.1. The Morgan fingerprint density at radius 1 is 0.976 bits per heavy atom. The van der Waals surface area contributed by atoms with Crippen LogP contribution >= 0.6 is 0 Å². The van der Waals surface area contributed by atoms with Crippen LogP contribution in [0, 0.1) is 11.6 Å². The SMILES string of the molecule is COc1cc(C2CC2)nc(-n2c(=O)c(NC(=O)c3ccc(OC(F)F)cc3)c(-c3c(F)cc(OC)cc3F)n2C)c1. The molecule has 5 rings (SSSR count). The Labute approximate surface area is 230 Å². The molecule has 41 heavy (non-hydrogen) atoms. The first kappa shape index (κ1) is 27.7. The fourth-order valence-electron chi connectivity index (χ4n) is 4.46. The number of ether oxygens (including phenoxy) is 3. The van der Waals surface area contributed by atoms with Crippen LogP contribution in [-0.2, 0) is 7.05 Å². The third kappa shape index (κ3) is 5.47. The molecule has 13 heteroatoms. The zero-order valence-corrected chi connectivity index (χ0v) is 22.1. The minimum absolute atomic E-state index is 0.0291. The van der Waals surface area contributed by atoms with Gasteiger partial charge in [0.15, 0.2) is 5.82 Å². The first-order valence-electron chi connectivity index (χ1n) is 12.4. The molecule has 1 N–H and O–H groups in total. The molecule has 0 aliphatic heterocycles. The van der Waals surface area contributed by atoms with E-state index in [1.165, 1.54) is 44.1 Å². The average Bonchev–Trinajstić information content (AvgIpc) is 3.76. The lowest BCUT2D eigenvalue weighted by molar-refractivity contribution is -0.0498. The molecular formula is C28H24F4N4O5. The lowest BCUT2D eigenvalue weighted by Crippen LogP contribution is -2.24. The molecule has 0 atom stereocenters. The summed E-state index contributed by atoms with van der Waals surface area (Å²) in [7, 11) is 4.10. The monoisotopic (exact) mass is 572 g/mol. The fourth-order valence-corrected chi connectivity index (χ4v) is 4.46. The number of pyridine rings is 1. The summed E-state index contributed by atoms with van der Waals surface area (Å²) < 4.78 is 72.5. The van der Waals surface area contributed by atoms with Crippen LogP contribution in [0.4, 0.5) is 23.2 Å². The maximum atomic E-state index is 15.3. The van der Waals surface area contributed by atoms with Crippen molar-refractivity contribution in [2.45, 2.75) is 25.4 Å². The van der Waals surface area contributed by atoms with Gasteiger partial charge in [0.05, 0.1) is 19.8 Å². The van der Waals surface area contributed by atoms with E-state index in [1.54, 1.807) is 6.07 Å². The Balaban J connectivity index is 1.67. The van der Waals surface area contributed by atoms with Gasteiger partial charge in [-0.25, -0.2) is 13.8 Å². The first-order valence-corrected chi connectivity index (χ1v) is 12.4. The molecule has 1 aliphatic rings. The number of amides is 1. The smallest absolute Gasteiger partial charge is 0.387 e. The van der Waals surface area contributed by atoms with Crippen molar-refractivity contribution in [3.63, 3.8) is 0 Å². The molecule has 2 aromatic carbocycles. The number of rotatable bonds is 9. The van der Waals surface area contributed by atoms with Gasteiger partial charge in [-0.05, 0) is 37.1 Å². The molecule has 2 heterocycles. The van der Waals surface area contributed by atoms with Crippen LogP contribution in [0.15, 0.2) is 53.3 Å². The summed E-state index contributed by atoms with van der Waals surface area (Å²) in [5, 5.41) is 2.44. The first-order chi connectivity index (χ1) is 19.6. The number of methoxy groups -OCH3 is 2. The van der Waals surface area contributed by atoms with Crippen molar-refractivity contribution in [3.05, 3.63) is 81.8 Å². The van der Waals surface area contributed by atoms with Crippen LogP contribution in [0.2, 0.25) is 0 Å². The third-order valence-corrected chi connectivity index (χ3v) is 6.59. The van der Waals surface area contributed by atoms with E-state index in [2.05, 4.69) is 15.0 Å². The molecule has 0 radical (unpaired) electrons. The minimum Gasteiger partial charge on any atom is -0.497 e. The number of hydrogen-bond donors (Lipinski definition) is 1. The number of alkyl halides is 2. The van der Waals surface area contributed by atoms with E-state index in [4.69, 9.17) is 9.47 Å². The second-order valence-electron chi connectivity index (χ2n) is 9.25. The molecule has 2 aromatic heterocycles. The normalized spacial score (nSPS) is 12.9. The highest BCUT2D eigenvalue weighted by molar-refractivity contribution is 6.06. The number of aromatic nitrogens is 3. The van der Waals surface area contributed by atoms with Crippen LogP contribution in [0.5, 0.6) is 17.2 Å². The Morgan fingerprint density at radius 3 is 2.15 bits per heavy atom. The van der Waals surface area contributed by atoms with Gasteiger partial charge in [0.2, 0.25) is 0 Å². The predicted octanol–water partition coefficient (Wildman–Crippen LogP) is 5.26. The number of carbonyl (C=O) groups is 1. The highest BCUT2D eigenvalue weighted by Gasteiger charge is 2.30. The number of nitrogens with one attached hydrogen (secondary N) is 1. The number of benzene rings is 2. The molecule has 0 bridgehead atoms. The summed E-state index contributed by atoms with van der Waals surface area (Å²) in [6, 6.07) is 9.84. The summed E-state index contributed by atoms with van der Waals surface area (Å²) in [5.41, 5.74) is -1.48. The van der Waals surface area contributed by atoms with Crippen LogP contribution in [0.1, 0.15) is 34.8 Å². The molecule has 9 nitrogen and oxygen atoms in total. The second kappa shape index (κ2) is 11.0. The molecular weight excluding hydrogens is 548 g/mol. The van der Waals surface area contributed by atoms with E-state index in [9.17, 15) is 18.4 Å². The third-order valence-electron chi connectivity index (χ3n) is 6.59. The molecule has 1 saturated carbocycles. The summed E-state index contributed by atoms with van der Waals surface area (Å²) >= 11 is 0. The number of nitrogens with zero attached hydrogens (tertiary/aromatic N) is 3. The van der Waals surface area contributed by atoms with Crippen molar-refractivity contribution >= 4 is 11.6 Å². The van der Waals surface area contributed by atoms with Crippen LogP contribution in [-0.4, -0.2) is 41.1 Å². The Bertz CT molecular complexity index is 1660. The van der Waals surface area contributed by atoms with E-state index in [0.29, 0.717) is 11.4 Å². The standard InChI is InChI=1S/C28H24F4N4O5/c1-35-25(23-19(29)10-17(39-2)11-20(23)30)24(34-26(37)15-6-8-16(9-7-15)41-28(31)32)27(38)36(35)22-13-18(40-3)12-21(33-22)14-4-5-14/h6-14,28H,4-5H2,1-3H3,(H,34,37). The summed E-state index contributed by atoms with van der Waals surface area (Å²) in [6.45, 7) is -3.06. The van der Waals surface area contributed by atoms with Crippen molar-refractivity contribution in [3.8, 4) is 34.3 Å². The average molecular weight is 573 g/mol. The zero-order chi connectivity index (χ0) is 29.4. The Morgan fingerprint density at radius 2 is 1.59 bits per heavy atom. The van der Waals surface area contributed by atoms with Gasteiger partial charge in [-0.2, -0.15) is 13.5 Å². The highest BCUT2D eigenvalue weighted by Crippen LogP contribution is 2.41. The minimum atomic E-state index is -3.06. The van der Waals surface area contributed by atoms with Gasteiger partial charge in [0, 0.05) is 48.5 Å². The predicted molar refractivity (Wildman–Crippen MR) is 140 cm³/mol. The van der Waals surface area contributed by atoms with E-state index >= 15 is 8.78 Å². The lowest BCUT2D eigenvalue weighted by Gasteiger charge is -2.14. The van der Waals surface area contributed by atoms with E-state index in [0.717, 1.165) is 41.8 Å². The Hall–Kier alpha value is -4.81. The van der Waals surface area contributed by atoms with Crippen LogP contribution < -0.4 is 25.1 Å². The molecule has 0 unspecified atom stereocenters. The van der Waals surface area contributed by atoms with Gasteiger partial charge in [-0.15, -0.1) is 0 Å². The molecule has 1 amide bonds. The number of hydrogen-bond acceptors (Lipinski definition) is 6. The number of carbonyl (C=O) groups excluding carboxylic acids is 1. The van der Waals surface area contributed by atoms with Crippen LogP contribution in [0.3, 0.4) is 0 Å². The fraction of sp³-hybridized carbons (Fsp3) is 0.250. The maximum absolute atomic E-state index is 15.3. The van der Waals surface area contributed by atoms with Crippen molar-refractivity contribution in [1.29, 1.82) is 0 Å². The molecule has 0 spiro atoms. The van der Waals surface area contributed by atoms with Gasteiger partial charge in [-0.1, -0.05) is 0 Å². The second-order valence-corrected chi connectivity index (χ2v) is 9.25. The summed E-state index contributed by atoms with van der Waals surface area (Å²) in [6.07, 6.45) is 1.83. The van der Waals surface area contributed by atoms with E-state index in [-0.39, 0.29) is 34.5 Å². The van der Waals surface area contributed by atoms with Gasteiger partial charge in [0.1, 0.15) is 40.3 Å². The van der Waals surface area contributed by atoms with Crippen molar-refractivity contribution in [2.24, 2.45) is 7.05 Å². The maximum Gasteiger partial charge on any atom is 0.387 e. The molecule has 0 saturated heterocycles. The Kier molecular flexibility index (Phi) is 7.43. The largest absolute Gasteiger partial charge is 0.497 e. The lowest BCUT2D eigenvalue weighted by atomic mass is 10.1. The van der Waals surface area contributed by atoms with Gasteiger partial charge < -0.3 is 19.5 Å².